The predicted octanol–water partition coefficient (Wildman–Crippen LogP) is 2.64. The zero-order valence-corrected chi connectivity index (χ0v) is 8.45. The number of rotatable bonds is 1. The minimum absolute atomic E-state index is 0.0439. The van der Waals surface area contributed by atoms with Gasteiger partial charge in [-0.05, 0) is 23.8 Å². The second-order valence-corrected chi connectivity index (χ2v) is 3.85. The lowest BCUT2D eigenvalue weighted by atomic mass is 9.80. The molecule has 1 aliphatic heterocycles. The number of carbonyl (C=O) groups is 1. The molecule has 0 aromatic heterocycles. The highest BCUT2D eigenvalue weighted by Gasteiger charge is 2.35. The molecule has 2 nitrogen and oxygen atoms in total. The minimum Gasteiger partial charge on any atom is -0.287 e. The maximum atomic E-state index is 11.4. The van der Waals surface area contributed by atoms with Crippen molar-refractivity contribution in [1.82, 2.24) is 0 Å². The number of carbonyl (C=O) groups excluding carboxylic acids is 1. The maximum Gasteiger partial charge on any atom is 0.212 e. The monoisotopic (exact) mass is 215 g/mol. The van der Waals surface area contributed by atoms with Crippen LogP contribution in [0.2, 0.25) is 5.02 Å². The molecule has 1 aromatic rings. The third-order valence-corrected chi connectivity index (χ3v) is 2.80. The molecule has 3 rings (SSSR count). The van der Waals surface area contributed by atoms with Gasteiger partial charge in [0.2, 0.25) is 5.78 Å². The number of hydrogen-bond acceptors (Lipinski definition) is 2. The molecule has 1 heterocycles. The van der Waals surface area contributed by atoms with Crippen LogP contribution in [0.25, 0.3) is 5.57 Å². The Hall–Kier alpha value is -1.67. The lowest BCUT2D eigenvalue weighted by molar-refractivity contribution is -0.112. The van der Waals surface area contributed by atoms with Crippen molar-refractivity contribution in [2.75, 3.05) is 0 Å². The standard InChI is InChI=1S/C12H6ClNO/c13-8-3-1-7(2-4-8)10-9-5-6-14-11(10)12(9)15/h1-6H. The Morgan fingerprint density at radius 3 is 2.40 bits per heavy atom. The summed E-state index contributed by atoms with van der Waals surface area (Å²) in [6.45, 7) is 0. The Morgan fingerprint density at radius 1 is 1.13 bits per heavy atom. The van der Waals surface area contributed by atoms with Crippen molar-refractivity contribution in [2.24, 2.45) is 4.99 Å². The van der Waals surface area contributed by atoms with Crippen molar-refractivity contribution in [3.8, 4) is 0 Å². The summed E-state index contributed by atoms with van der Waals surface area (Å²) in [4.78, 5) is 15.5. The molecule has 1 aliphatic carbocycles. The van der Waals surface area contributed by atoms with Crippen molar-refractivity contribution in [1.29, 1.82) is 0 Å². The molecule has 3 heteroatoms. The first-order valence-corrected chi connectivity index (χ1v) is 4.95. The number of fused-ring (bicyclic) bond motifs is 2. The van der Waals surface area contributed by atoms with E-state index in [1.165, 1.54) is 0 Å². The fourth-order valence-electron chi connectivity index (χ4n) is 1.80. The van der Waals surface area contributed by atoms with Crippen molar-refractivity contribution < 1.29 is 4.79 Å². The van der Waals surface area contributed by atoms with E-state index in [0.29, 0.717) is 10.7 Å². The molecule has 2 aliphatic rings. The predicted molar refractivity (Wildman–Crippen MR) is 60.0 cm³/mol. The van der Waals surface area contributed by atoms with Gasteiger partial charge in [-0.2, -0.15) is 0 Å². The van der Waals surface area contributed by atoms with Crippen molar-refractivity contribution in [3.05, 3.63) is 52.2 Å². The van der Waals surface area contributed by atoms with E-state index in [0.717, 1.165) is 16.7 Å². The maximum absolute atomic E-state index is 11.4. The molecule has 1 aromatic carbocycles. The van der Waals surface area contributed by atoms with E-state index in [4.69, 9.17) is 11.6 Å². The highest BCUT2D eigenvalue weighted by molar-refractivity contribution is 6.35. The number of allylic oxidation sites excluding steroid dienone is 3. The van der Waals surface area contributed by atoms with E-state index in [1.54, 1.807) is 12.3 Å². The molecular formula is C12H6ClNO. The van der Waals surface area contributed by atoms with Crippen molar-refractivity contribution in [2.45, 2.75) is 0 Å². The molecule has 0 saturated heterocycles. The van der Waals surface area contributed by atoms with Gasteiger partial charge in [0.1, 0.15) is 5.70 Å². The lowest BCUT2D eigenvalue weighted by Crippen LogP contribution is -2.23. The van der Waals surface area contributed by atoms with Gasteiger partial charge in [0.15, 0.2) is 0 Å². The number of ketones is 1. The summed E-state index contributed by atoms with van der Waals surface area (Å²) < 4.78 is 0. The number of dihydropyridines is 1. The van der Waals surface area contributed by atoms with Crippen LogP contribution >= 0.6 is 11.6 Å². The number of hydrogen-bond donors (Lipinski definition) is 0. The average Bonchev–Trinajstić information content (AvgIpc) is 2.29. The van der Waals surface area contributed by atoms with Crippen LogP contribution in [0.15, 0.2) is 46.6 Å². The van der Waals surface area contributed by atoms with E-state index in [9.17, 15) is 4.79 Å². The van der Waals surface area contributed by atoms with Crippen LogP contribution in [-0.4, -0.2) is 12.0 Å². The third-order valence-electron chi connectivity index (χ3n) is 2.54. The van der Waals surface area contributed by atoms with Crippen LogP contribution < -0.4 is 0 Å². The van der Waals surface area contributed by atoms with Gasteiger partial charge < -0.3 is 0 Å². The van der Waals surface area contributed by atoms with Crippen LogP contribution in [0, 0.1) is 0 Å². The highest BCUT2D eigenvalue weighted by Crippen LogP contribution is 2.40. The molecular weight excluding hydrogens is 210 g/mol. The van der Waals surface area contributed by atoms with Gasteiger partial charge in [0.05, 0.1) is 0 Å². The summed E-state index contributed by atoms with van der Waals surface area (Å²) in [5.41, 5.74) is 3.26. The quantitative estimate of drug-likeness (QED) is 0.708. The smallest absolute Gasteiger partial charge is 0.212 e. The van der Waals surface area contributed by atoms with Gasteiger partial charge in [-0.3, -0.25) is 9.79 Å². The summed E-state index contributed by atoms with van der Waals surface area (Å²) >= 11 is 5.80. The molecule has 0 radical (unpaired) electrons. The molecule has 0 spiro atoms. The summed E-state index contributed by atoms with van der Waals surface area (Å²) in [7, 11) is 0. The number of halogens is 1. The summed E-state index contributed by atoms with van der Waals surface area (Å²) in [6, 6.07) is 7.43. The van der Waals surface area contributed by atoms with Gasteiger partial charge in [0.25, 0.3) is 0 Å². The second kappa shape index (κ2) is 2.91. The number of benzene rings is 1. The van der Waals surface area contributed by atoms with E-state index >= 15 is 0 Å². The molecule has 0 unspecified atom stereocenters. The fraction of sp³-hybridized carbons (Fsp3) is 0. The number of nitrogens with zero attached hydrogens (tertiary/aromatic N) is 1. The van der Waals surface area contributed by atoms with E-state index in [1.807, 2.05) is 24.3 Å². The van der Waals surface area contributed by atoms with Crippen molar-refractivity contribution in [3.63, 3.8) is 0 Å². The second-order valence-electron chi connectivity index (χ2n) is 3.42. The first-order chi connectivity index (χ1) is 7.27. The van der Waals surface area contributed by atoms with Crippen molar-refractivity contribution >= 4 is 29.2 Å². The van der Waals surface area contributed by atoms with Crippen LogP contribution in [0.3, 0.4) is 0 Å². The normalized spacial score (nSPS) is 17.7. The van der Waals surface area contributed by atoms with E-state index < -0.39 is 0 Å². The highest BCUT2D eigenvalue weighted by atomic mass is 35.5. The van der Waals surface area contributed by atoms with Crippen LogP contribution in [0.4, 0.5) is 0 Å². The number of Topliss-reactive ketones (excluding diaryl/α,β-unsaturated/α-hetero) is 1. The zero-order chi connectivity index (χ0) is 10.4. The molecule has 0 fully saturated rings. The number of aliphatic imine (C=N–C) groups is 1. The molecule has 2 bridgehead atoms. The first-order valence-electron chi connectivity index (χ1n) is 4.57. The average molecular weight is 216 g/mol. The van der Waals surface area contributed by atoms with Gasteiger partial charge >= 0.3 is 0 Å². The lowest BCUT2D eigenvalue weighted by Gasteiger charge is -2.25. The Balaban J connectivity index is 2.15. The Kier molecular flexibility index (Phi) is 1.67. The molecule has 72 valence electrons. The van der Waals surface area contributed by atoms with Gasteiger partial charge in [-0.15, -0.1) is 0 Å². The summed E-state index contributed by atoms with van der Waals surface area (Å²) in [5.74, 6) is 0.0439. The largest absolute Gasteiger partial charge is 0.287 e. The Morgan fingerprint density at radius 2 is 1.87 bits per heavy atom. The van der Waals surface area contributed by atoms with Crippen LogP contribution in [0.1, 0.15) is 5.56 Å². The SMILES string of the molecule is O=C1c2ccnc1c2-c1ccc(Cl)cc1. The zero-order valence-electron chi connectivity index (χ0n) is 7.70. The third kappa shape index (κ3) is 1.12. The van der Waals surface area contributed by atoms with Crippen LogP contribution in [0.5, 0.6) is 0 Å². The summed E-state index contributed by atoms with van der Waals surface area (Å²) in [5, 5.41) is 0.692. The molecule has 0 amide bonds. The Bertz CT molecular complexity index is 549. The topological polar surface area (TPSA) is 29.4 Å². The molecule has 0 N–H and O–H groups in total. The molecule has 15 heavy (non-hydrogen) atoms. The minimum atomic E-state index is 0.0439. The first kappa shape index (κ1) is 8.62. The Labute approximate surface area is 91.6 Å². The van der Waals surface area contributed by atoms with E-state index in [2.05, 4.69) is 4.99 Å². The van der Waals surface area contributed by atoms with Gasteiger partial charge in [-0.1, -0.05) is 23.7 Å². The fourth-order valence-corrected chi connectivity index (χ4v) is 1.92. The molecule has 0 atom stereocenters. The van der Waals surface area contributed by atoms with Gasteiger partial charge in [-0.25, -0.2) is 0 Å². The van der Waals surface area contributed by atoms with E-state index in [-0.39, 0.29) is 5.78 Å². The van der Waals surface area contributed by atoms with Crippen LogP contribution in [-0.2, 0) is 4.79 Å². The van der Waals surface area contributed by atoms with Gasteiger partial charge in [0, 0.05) is 22.4 Å². The summed E-state index contributed by atoms with van der Waals surface area (Å²) in [6.07, 6.45) is 3.41. The molecule has 0 saturated carbocycles.